The quantitative estimate of drug-likeness (QED) is 0.796. The zero-order chi connectivity index (χ0) is 16.5. The van der Waals surface area contributed by atoms with Gasteiger partial charge in [0.2, 0.25) is 0 Å². The van der Waals surface area contributed by atoms with E-state index >= 15 is 0 Å². The number of benzene rings is 1. The third-order valence-electron chi connectivity index (χ3n) is 5.84. The van der Waals surface area contributed by atoms with Gasteiger partial charge in [-0.1, -0.05) is 25.1 Å². The molecule has 2 nitrogen and oxygen atoms in total. The highest BCUT2D eigenvalue weighted by atomic mass is 32.1. The second-order valence-electron chi connectivity index (χ2n) is 7.41. The van der Waals surface area contributed by atoms with Crippen LogP contribution in [0.1, 0.15) is 41.7 Å². The molecule has 2 aromatic rings. The summed E-state index contributed by atoms with van der Waals surface area (Å²) in [6, 6.07) is 11.8. The molecule has 1 aliphatic carbocycles. The van der Waals surface area contributed by atoms with Gasteiger partial charge in [0.05, 0.1) is 7.11 Å². The van der Waals surface area contributed by atoms with E-state index in [1.54, 1.807) is 12.7 Å². The van der Waals surface area contributed by atoms with Crippen LogP contribution in [0.2, 0.25) is 0 Å². The summed E-state index contributed by atoms with van der Waals surface area (Å²) in [7, 11) is 1.80. The third kappa shape index (κ3) is 3.00. The van der Waals surface area contributed by atoms with Crippen molar-refractivity contribution >= 4 is 11.3 Å². The van der Waals surface area contributed by atoms with E-state index in [1.165, 1.54) is 42.8 Å². The number of ether oxygens (including phenoxy) is 1. The van der Waals surface area contributed by atoms with E-state index in [9.17, 15) is 0 Å². The van der Waals surface area contributed by atoms with Gasteiger partial charge >= 0.3 is 0 Å². The molecule has 2 heterocycles. The van der Waals surface area contributed by atoms with Crippen LogP contribution in [-0.2, 0) is 12.8 Å². The molecule has 0 bridgehead atoms. The molecular weight excluding hydrogens is 314 g/mol. The number of fused-ring (bicyclic) bond motifs is 3. The Bertz CT molecular complexity index is 681. The molecule has 1 aromatic carbocycles. The molecule has 1 fully saturated rings. The third-order valence-corrected chi connectivity index (χ3v) is 6.78. The van der Waals surface area contributed by atoms with E-state index in [2.05, 4.69) is 47.5 Å². The molecule has 0 amide bonds. The molecule has 0 saturated carbocycles. The first-order chi connectivity index (χ1) is 11.8. The van der Waals surface area contributed by atoms with Crippen molar-refractivity contribution < 1.29 is 4.74 Å². The van der Waals surface area contributed by atoms with Crippen molar-refractivity contribution in [1.29, 1.82) is 0 Å². The molecule has 24 heavy (non-hydrogen) atoms. The minimum absolute atomic E-state index is 0.677. The van der Waals surface area contributed by atoms with Gasteiger partial charge < -0.3 is 4.74 Å². The second-order valence-corrected chi connectivity index (χ2v) is 8.44. The van der Waals surface area contributed by atoms with Crippen molar-refractivity contribution in [3.63, 3.8) is 0 Å². The van der Waals surface area contributed by atoms with Crippen LogP contribution in [0.5, 0.6) is 5.75 Å². The van der Waals surface area contributed by atoms with Crippen LogP contribution < -0.4 is 4.74 Å². The number of likely N-dealkylation sites (tertiary alicyclic amines) is 1. The van der Waals surface area contributed by atoms with Gasteiger partial charge in [-0.05, 0) is 60.2 Å². The average molecular weight is 342 g/mol. The molecule has 3 unspecified atom stereocenters. The second kappa shape index (κ2) is 6.89. The minimum atomic E-state index is 0.677. The number of hydrogen-bond donors (Lipinski definition) is 0. The fourth-order valence-corrected chi connectivity index (χ4v) is 5.52. The maximum absolute atomic E-state index is 5.63. The van der Waals surface area contributed by atoms with Crippen LogP contribution in [0.25, 0.3) is 0 Å². The predicted molar refractivity (Wildman–Crippen MR) is 101 cm³/mol. The van der Waals surface area contributed by atoms with Gasteiger partial charge in [0, 0.05) is 29.9 Å². The lowest BCUT2D eigenvalue weighted by Crippen LogP contribution is -2.49. The topological polar surface area (TPSA) is 12.5 Å². The van der Waals surface area contributed by atoms with E-state index in [-0.39, 0.29) is 0 Å². The molecule has 128 valence electrons. The van der Waals surface area contributed by atoms with Gasteiger partial charge in [-0.15, -0.1) is 11.3 Å². The number of hydrogen-bond acceptors (Lipinski definition) is 3. The van der Waals surface area contributed by atoms with Crippen molar-refractivity contribution in [3.05, 3.63) is 51.7 Å². The maximum atomic E-state index is 5.63. The highest BCUT2D eigenvalue weighted by molar-refractivity contribution is 7.09. The van der Waals surface area contributed by atoms with Crippen molar-refractivity contribution in [2.24, 2.45) is 5.92 Å². The molecular formula is C21H27NOS. The lowest BCUT2D eigenvalue weighted by atomic mass is 9.71. The fraction of sp³-hybridized carbons (Fsp3) is 0.524. The molecule has 1 aromatic heterocycles. The lowest BCUT2D eigenvalue weighted by Gasteiger charge is -2.47. The molecule has 0 radical (unpaired) electrons. The molecule has 3 heteroatoms. The zero-order valence-corrected chi connectivity index (χ0v) is 15.5. The van der Waals surface area contributed by atoms with Crippen molar-refractivity contribution in [3.8, 4) is 5.75 Å². The van der Waals surface area contributed by atoms with Gasteiger partial charge in [-0.25, -0.2) is 0 Å². The van der Waals surface area contributed by atoms with Gasteiger partial charge in [0.1, 0.15) is 5.75 Å². The van der Waals surface area contributed by atoms with Crippen LogP contribution in [0, 0.1) is 5.92 Å². The smallest absolute Gasteiger partial charge is 0.122 e. The van der Waals surface area contributed by atoms with Gasteiger partial charge in [-0.3, -0.25) is 4.90 Å². The SMILES string of the molecule is COc1cccc2c1CCC1C2CC(C)CN1CCc1cccs1. The highest BCUT2D eigenvalue weighted by Crippen LogP contribution is 2.44. The standard InChI is InChI=1S/C21H27NOS/c1-15-13-19-17-6-3-7-21(23-2)18(17)8-9-20(19)22(14-15)11-10-16-5-4-12-24-16/h3-7,12,15,19-20H,8-11,13-14H2,1-2H3. The molecule has 2 aliphatic rings. The molecule has 0 spiro atoms. The van der Waals surface area contributed by atoms with Crippen LogP contribution in [0.15, 0.2) is 35.7 Å². The Kier molecular flexibility index (Phi) is 4.64. The van der Waals surface area contributed by atoms with Crippen LogP contribution in [-0.4, -0.2) is 31.1 Å². The summed E-state index contributed by atoms with van der Waals surface area (Å²) in [5.41, 5.74) is 3.02. The monoisotopic (exact) mass is 341 g/mol. The first-order valence-corrected chi connectivity index (χ1v) is 10.1. The van der Waals surface area contributed by atoms with Crippen LogP contribution in [0.4, 0.5) is 0 Å². The summed E-state index contributed by atoms with van der Waals surface area (Å²) in [6.45, 7) is 4.87. The Morgan fingerprint density at radius 2 is 2.17 bits per heavy atom. The van der Waals surface area contributed by atoms with E-state index in [1.807, 2.05) is 11.3 Å². The largest absolute Gasteiger partial charge is 0.496 e. The number of methoxy groups -OCH3 is 1. The number of rotatable bonds is 4. The maximum Gasteiger partial charge on any atom is 0.122 e. The first-order valence-electron chi connectivity index (χ1n) is 9.18. The Morgan fingerprint density at radius 1 is 1.25 bits per heavy atom. The van der Waals surface area contributed by atoms with E-state index in [0.29, 0.717) is 12.0 Å². The predicted octanol–water partition coefficient (Wildman–Crippen LogP) is 4.74. The highest BCUT2D eigenvalue weighted by Gasteiger charge is 2.39. The Morgan fingerprint density at radius 3 is 2.96 bits per heavy atom. The zero-order valence-electron chi connectivity index (χ0n) is 14.7. The van der Waals surface area contributed by atoms with E-state index < -0.39 is 0 Å². The Balaban J connectivity index is 1.57. The van der Waals surface area contributed by atoms with Crippen molar-refractivity contribution in [2.45, 2.75) is 44.6 Å². The summed E-state index contributed by atoms with van der Waals surface area (Å²) in [4.78, 5) is 4.30. The van der Waals surface area contributed by atoms with Crippen LogP contribution >= 0.6 is 11.3 Å². The summed E-state index contributed by atoms with van der Waals surface area (Å²) in [6.07, 6.45) is 4.94. The van der Waals surface area contributed by atoms with Gasteiger partial charge in [0.15, 0.2) is 0 Å². The number of nitrogens with zero attached hydrogens (tertiary/aromatic N) is 1. The normalized spacial score (nSPS) is 26.7. The fourth-order valence-electron chi connectivity index (χ4n) is 4.82. The molecule has 1 aliphatic heterocycles. The summed E-state index contributed by atoms with van der Waals surface area (Å²) in [5, 5.41) is 2.19. The Labute approximate surface area is 149 Å². The minimum Gasteiger partial charge on any atom is -0.496 e. The number of thiophene rings is 1. The average Bonchev–Trinajstić information content (AvgIpc) is 3.12. The summed E-state index contributed by atoms with van der Waals surface area (Å²) < 4.78 is 5.63. The number of piperidine rings is 1. The lowest BCUT2D eigenvalue weighted by molar-refractivity contribution is 0.0821. The first kappa shape index (κ1) is 16.2. The molecule has 1 saturated heterocycles. The van der Waals surface area contributed by atoms with Crippen molar-refractivity contribution in [1.82, 2.24) is 4.90 Å². The van der Waals surface area contributed by atoms with E-state index in [4.69, 9.17) is 4.74 Å². The summed E-state index contributed by atoms with van der Waals surface area (Å²) in [5.74, 6) is 2.54. The van der Waals surface area contributed by atoms with Gasteiger partial charge in [0.25, 0.3) is 0 Å². The van der Waals surface area contributed by atoms with Crippen LogP contribution in [0.3, 0.4) is 0 Å². The van der Waals surface area contributed by atoms with Crippen molar-refractivity contribution in [2.75, 3.05) is 20.2 Å². The molecule has 3 atom stereocenters. The van der Waals surface area contributed by atoms with E-state index in [0.717, 1.165) is 18.1 Å². The van der Waals surface area contributed by atoms with Gasteiger partial charge in [-0.2, -0.15) is 0 Å². The molecule has 0 N–H and O–H groups in total. The molecule has 4 rings (SSSR count). The Hall–Kier alpha value is -1.32. The summed E-state index contributed by atoms with van der Waals surface area (Å²) >= 11 is 1.89.